The molecule has 1 aromatic rings. The molecule has 1 unspecified atom stereocenters. The van der Waals surface area contributed by atoms with Gasteiger partial charge < -0.3 is 11.1 Å². The summed E-state index contributed by atoms with van der Waals surface area (Å²) in [6.07, 6.45) is 7.40. The van der Waals surface area contributed by atoms with Crippen LogP contribution in [0.3, 0.4) is 0 Å². The quantitative estimate of drug-likeness (QED) is 0.610. The average molecular weight is 260 g/mol. The maximum Gasteiger partial charge on any atom is 0.217 e. The number of benzene rings is 1. The van der Waals surface area contributed by atoms with Crippen LogP contribution in [0, 0.1) is 0 Å². The molecule has 0 fully saturated rings. The molecule has 3 nitrogen and oxygen atoms in total. The molecule has 1 aliphatic carbocycles. The van der Waals surface area contributed by atoms with Gasteiger partial charge in [-0.15, -0.1) is 0 Å². The topological polar surface area (TPSA) is 55.1 Å². The summed E-state index contributed by atoms with van der Waals surface area (Å²) in [5.74, 6) is -0.195. The summed E-state index contributed by atoms with van der Waals surface area (Å²) < 4.78 is 0. The van der Waals surface area contributed by atoms with Gasteiger partial charge in [0.15, 0.2) is 0 Å². The number of primary amides is 1. The summed E-state index contributed by atoms with van der Waals surface area (Å²) in [4.78, 5) is 10.7. The molecule has 1 amide bonds. The molecule has 2 rings (SSSR count). The first-order valence-electron chi connectivity index (χ1n) is 7.37. The van der Waals surface area contributed by atoms with Crippen molar-refractivity contribution in [2.24, 2.45) is 5.73 Å². The Morgan fingerprint density at radius 1 is 1.26 bits per heavy atom. The van der Waals surface area contributed by atoms with Crippen LogP contribution in [0.5, 0.6) is 0 Å². The van der Waals surface area contributed by atoms with Crippen LogP contribution in [0.25, 0.3) is 0 Å². The molecule has 0 aromatic heterocycles. The van der Waals surface area contributed by atoms with Gasteiger partial charge in [-0.25, -0.2) is 0 Å². The van der Waals surface area contributed by atoms with E-state index in [-0.39, 0.29) is 5.91 Å². The van der Waals surface area contributed by atoms with Gasteiger partial charge in [0, 0.05) is 12.5 Å². The molecule has 0 saturated heterocycles. The van der Waals surface area contributed by atoms with Gasteiger partial charge in [0.25, 0.3) is 0 Å². The van der Waals surface area contributed by atoms with Crippen LogP contribution in [0.1, 0.15) is 55.7 Å². The Kier molecular flexibility index (Phi) is 5.40. The van der Waals surface area contributed by atoms with Gasteiger partial charge in [-0.2, -0.15) is 0 Å². The van der Waals surface area contributed by atoms with E-state index >= 15 is 0 Å². The first kappa shape index (κ1) is 14.1. The number of hydrogen-bond acceptors (Lipinski definition) is 2. The fraction of sp³-hybridized carbons (Fsp3) is 0.562. The van der Waals surface area contributed by atoms with E-state index in [9.17, 15) is 4.79 Å². The van der Waals surface area contributed by atoms with Crippen molar-refractivity contribution in [1.82, 2.24) is 5.32 Å². The fourth-order valence-corrected chi connectivity index (χ4v) is 2.83. The van der Waals surface area contributed by atoms with Gasteiger partial charge in [-0.05, 0) is 49.8 Å². The molecule has 1 aliphatic rings. The lowest BCUT2D eigenvalue weighted by atomic mass is 9.99. The molecular weight excluding hydrogens is 236 g/mol. The molecule has 0 aliphatic heterocycles. The first-order chi connectivity index (χ1) is 9.27. The normalized spacial score (nSPS) is 18.6. The predicted octanol–water partition coefficient (Wildman–Crippen LogP) is 2.70. The highest BCUT2D eigenvalue weighted by Crippen LogP contribution is 2.28. The smallest absolute Gasteiger partial charge is 0.217 e. The molecular formula is C16H24N2O. The Morgan fingerprint density at radius 2 is 2.11 bits per heavy atom. The van der Waals surface area contributed by atoms with E-state index in [2.05, 4.69) is 29.6 Å². The lowest BCUT2D eigenvalue weighted by Crippen LogP contribution is -2.23. The molecule has 1 atom stereocenters. The van der Waals surface area contributed by atoms with E-state index in [4.69, 9.17) is 5.73 Å². The van der Waals surface area contributed by atoms with Crippen molar-refractivity contribution < 1.29 is 4.79 Å². The standard InChI is InChI=1S/C16H24N2O/c17-16(19)11-5-6-12-18-15-10-4-2-8-13-7-1-3-9-14(13)15/h1,3,7,9,15,18H,2,4-6,8,10-12H2,(H2,17,19). The Bertz CT molecular complexity index is 417. The molecule has 19 heavy (non-hydrogen) atoms. The number of nitrogens with two attached hydrogens (primary N) is 1. The Hall–Kier alpha value is -1.35. The molecule has 3 N–H and O–H groups in total. The third-order valence-electron chi connectivity index (χ3n) is 3.86. The van der Waals surface area contributed by atoms with Gasteiger partial charge in [0.2, 0.25) is 5.91 Å². The van der Waals surface area contributed by atoms with Crippen LogP contribution in [-0.4, -0.2) is 12.5 Å². The van der Waals surface area contributed by atoms with Gasteiger partial charge in [0.05, 0.1) is 0 Å². The van der Waals surface area contributed by atoms with Crippen LogP contribution < -0.4 is 11.1 Å². The van der Waals surface area contributed by atoms with Gasteiger partial charge in [-0.3, -0.25) is 4.79 Å². The SMILES string of the molecule is NC(=O)CCCCNC1CCCCc2ccccc21. The third-order valence-corrected chi connectivity index (χ3v) is 3.86. The third kappa shape index (κ3) is 4.35. The van der Waals surface area contributed by atoms with Crippen LogP contribution in [-0.2, 0) is 11.2 Å². The van der Waals surface area contributed by atoms with Gasteiger partial charge in [0.1, 0.15) is 0 Å². The maximum atomic E-state index is 10.7. The second-order valence-corrected chi connectivity index (χ2v) is 5.37. The van der Waals surface area contributed by atoms with E-state index in [0.29, 0.717) is 12.5 Å². The molecule has 0 radical (unpaired) electrons. The minimum atomic E-state index is -0.195. The van der Waals surface area contributed by atoms with Crippen molar-refractivity contribution in [3.63, 3.8) is 0 Å². The van der Waals surface area contributed by atoms with Crippen molar-refractivity contribution in [3.05, 3.63) is 35.4 Å². The molecule has 0 bridgehead atoms. The number of nitrogens with one attached hydrogen (secondary N) is 1. The number of rotatable bonds is 6. The van der Waals surface area contributed by atoms with Crippen molar-refractivity contribution in [1.29, 1.82) is 0 Å². The van der Waals surface area contributed by atoms with E-state index < -0.39 is 0 Å². The zero-order chi connectivity index (χ0) is 13.5. The number of unbranched alkanes of at least 4 members (excludes halogenated alkanes) is 1. The zero-order valence-electron chi connectivity index (χ0n) is 11.5. The van der Waals surface area contributed by atoms with Crippen LogP contribution >= 0.6 is 0 Å². The van der Waals surface area contributed by atoms with Crippen LogP contribution in [0.4, 0.5) is 0 Å². The molecule has 104 valence electrons. The highest BCUT2D eigenvalue weighted by atomic mass is 16.1. The molecule has 0 saturated carbocycles. The number of carbonyl (C=O) groups is 1. The second-order valence-electron chi connectivity index (χ2n) is 5.37. The summed E-state index contributed by atoms with van der Waals surface area (Å²) in [5.41, 5.74) is 8.10. The summed E-state index contributed by atoms with van der Waals surface area (Å²) in [7, 11) is 0. The molecule has 0 spiro atoms. The summed E-state index contributed by atoms with van der Waals surface area (Å²) in [6.45, 7) is 0.965. The molecule has 3 heteroatoms. The number of amides is 1. The number of carbonyl (C=O) groups excluding carboxylic acids is 1. The fourth-order valence-electron chi connectivity index (χ4n) is 2.83. The summed E-state index contributed by atoms with van der Waals surface area (Å²) >= 11 is 0. The van der Waals surface area contributed by atoms with Crippen molar-refractivity contribution in [2.75, 3.05) is 6.54 Å². The zero-order valence-corrected chi connectivity index (χ0v) is 11.5. The van der Waals surface area contributed by atoms with Gasteiger partial charge in [-0.1, -0.05) is 30.7 Å². The molecule has 0 heterocycles. The first-order valence-corrected chi connectivity index (χ1v) is 7.37. The largest absolute Gasteiger partial charge is 0.370 e. The number of hydrogen-bond donors (Lipinski definition) is 2. The number of fused-ring (bicyclic) bond motifs is 1. The Labute approximate surface area is 115 Å². The number of aryl methyl sites for hydroxylation is 1. The van der Waals surface area contributed by atoms with Crippen molar-refractivity contribution in [2.45, 2.75) is 51.0 Å². The van der Waals surface area contributed by atoms with E-state index in [1.165, 1.54) is 36.8 Å². The maximum absolute atomic E-state index is 10.7. The van der Waals surface area contributed by atoms with E-state index in [1.54, 1.807) is 0 Å². The molecule has 1 aromatic carbocycles. The van der Waals surface area contributed by atoms with Crippen molar-refractivity contribution >= 4 is 5.91 Å². The lowest BCUT2D eigenvalue weighted by Gasteiger charge is -2.19. The second kappa shape index (κ2) is 7.29. The predicted molar refractivity (Wildman–Crippen MR) is 77.8 cm³/mol. The Morgan fingerprint density at radius 3 is 2.95 bits per heavy atom. The lowest BCUT2D eigenvalue weighted by molar-refractivity contribution is -0.118. The summed E-state index contributed by atoms with van der Waals surface area (Å²) in [5, 5.41) is 3.64. The van der Waals surface area contributed by atoms with Crippen LogP contribution in [0.2, 0.25) is 0 Å². The van der Waals surface area contributed by atoms with Crippen molar-refractivity contribution in [3.8, 4) is 0 Å². The highest BCUT2D eigenvalue weighted by molar-refractivity contribution is 5.73. The van der Waals surface area contributed by atoms with Gasteiger partial charge >= 0.3 is 0 Å². The Balaban J connectivity index is 1.84. The highest BCUT2D eigenvalue weighted by Gasteiger charge is 2.17. The average Bonchev–Trinajstić information content (AvgIpc) is 2.61. The summed E-state index contributed by atoms with van der Waals surface area (Å²) in [6, 6.07) is 9.25. The van der Waals surface area contributed by atoms with Crippen LogP contribution in [0.15, 0.2) is 24.3 Å². The van der Waals surface area contributed by atoms with E-state index in [1.807, 2.05) is 0 Å². The monoisotopic (exact) mass is 260 g/mol. The minimum absolute atomic E-state index is 0.195. The minimum Gasteiger partial charge on any atom is -0.370 e. The van der Waals surface area contributed by atoms with E-state index in [0.717, 1.165) is 19.4 Å².